The maximum absolute atomic E-state index is 11.5. The Morgan fingerprint density at radius 1 is 1.53 bits per heavy atom. The van der Waals surface area contributed by atoms with Gasteiger partial charge in [0.05, 0.1) is 11.8 Å². The van der Waals surface area contributed by atoms with Gasteiger partial charge < -0.3 is 4.74 Å². The molecule has 1 rings (SSSR count). The molecule has 4 nitrogen and oxygen atoms in total. The summed E-state index contributed by atoms with van der Waals surface area (Å²) in [6.45, 7) is 7.67. The van der Waals surface area contributed by atoms with Crippen molar-refractivity contribution in [2.24, 2.45) is 0 Å². The Kier molecular flexibility index (Phi) is 4.93. The molecular formula is C12H17BrN2O2. The maximum atomic E-state index is 11.5. The van der Waals surface area contributed by atoms with Crippen LogP contribution in [0.15, 0.2) is 4.99 Å². The second-order valence-electron chi connectivity index (χ2n) is 4.07. The fraction of sp³-hybridized carbons (Fsp3) is 0.500. The molecule has 0 saturated heterocycles. The van der Waals surface area contributed by atoms with Crippen LogP contribution in [0.1, 0.15) is 30.8 Å². The van der Waals surface area contributed by atoms with Gasteiger partial charge in [0.1, 0.15) is 6.54 Å². The summed E-state index contributed by atoms with van der Waals surface area (Å²) in [5, 5.41) is 4.32. The summed E-state index contributed by atoms with van der Waals surface area (Å²) in [6.07, 6.45) is 1.82. The Balaban J connectivity index is 2.86. The highest BCUT2D eigenvalue weighted by Gasteiger charge is 2.13. The molecule has 0 radical (unpaired) electrons. The highest BCUT2D eigenvalue weighted by atomic mass is 79.9. The lowest BCUT2D eigenvalue weighted by Crippen LogP contribution is -2.19. The van der Waals surface area contributed by atoms with Crippen LogP contribution in [0.25, 0.3) is 6.08 Å². The monoisotopic (exact) mass is 300 g/mol. The number of ether oxygens (including phenoxy) is 1. The SMILES string of the molecule is Cc1nn(CC(=O)OC(C)C)c(C)c1/C=C/Br. The van der Waals surface area contributed by atoms with Crippen molar-refractivity contribution in [3.8, 4) is 0 Å². The minimum Gasteiger partial charge on any atom is -0.462 e. The van der Waals surface area contributed by atoms with Crippen LogP contribution in [0.2, 0.25) is 0 Å². The van der Waals surface area contributed by atoms with E-state index in [2.05, 4.69) is 21.0 Å². The maximum Gasteiger partial charge on any atom is 0.328 e. The molecule has 0 saturated carbocycles. The van der Waals surface area contributed by atoms with Crippen molar-refractivity contribution in [1.29, 1.82) is 0 Å². The van der Waals surface area contributed by atoms with E-state index in [0.29, 0.717) is 0 Å². The van der Waals surface area contributed by atoms with Crippen LogP contribution in [-0.2, 0) is 16.1 Å². The van der Waals surface area contributed by atoms with E-state index in [9.17, 15) is 4.79 Å². The minimum absolute atomic E-state index is 0.0960. The highest BCUT2D eigenvalue weighted by molar-refractivity contribution is 9.11. The second-order valence-corrected chi connectivity index (χ2v) is 4.60. The number of aryl methyl sites for hydroxylation is 1. The summed E-state index contributed by atoms with van der Waals surface area (Å²) in [4.78, 5) is 13.3. The Bertz CT molecular complexity index is 436. The van der Waals surface area contributed by atoms with Crippen LogP contribution in [0.4, 0.5) is 0 Å². The third-order valence-electron chi connectivity index (χ3n) is 2.31. The number of hydrogen-bond acceptors (Lipinski definition) is 3. The van der Waals surface area contributed by atoms with Gasteiger partial charge in [0.15, 0.2) is 0 Å². The first-order valence-corrected chi connectivity index (χ1v) is 6.37. The van der Waals surface area contributed by atoms with Gasteiger partial charge in [0, 0.05) is 11.3 Å². The fourth-order valence-electron chi connectivity index (χ4n) is 1.59. The topological polar surface area (TPSA) is 44.1 Å². The van der Waals surface area contributed by atoms with Crippen molar-refractivity contribution in [2.45, 2.75) is 40.3 Å². The van der Waals surface area contributed by atoms with Crippen molar-refractivity contribution in [3.05, 3.63) is 21.9 Å². The predicted molar refractivity (Wildman–Crippen MR) is 70.9 cm³/mol. The summed E-state index contributed by atoms with van der Waals surface area (Å²) < 4.78 is 6.76. The standard InChI is InChI=1S/C12H17BrN2O2/c1-8(2)17-12(16)7-15-10(4)11(5-6-13)9(3)14-15/h5-6,8H,7H2,1-4H3/b6-5+. The van der Waals surface area contributed by atoms with Crippen molar-refractivity contribution in [2.75, 3.05) is 0 Å². The quantitative estimate of drug-likeness (QED) is 0.803. The molecule has 1 heterocycles. The van der Waals surface area contributed by atoms with E-state index in [1.54, 1.807) is 9.67 Å². The third kappa shape index (κ3) is 3.70. The molecule has 17 heavy (non-hydrogen) atoms. The number of carbonyl (C=O) groups is 1. The average Bonchev–Trinajstić information content (AvgIpc) is 2.45. The molecule has 0 spiro atoms. The van der Waals surface area contributed by atoms with Crippen molar-refractivity contribution >= 4 is 28.0 Å². The first kappa shape index (κ1) is 14.0. The van der Waals surface area contributed by atoms with Crippen LogP contribution in [-0.4, -0.2) is 21.9 Å². The lowest BCUT2D eigenvalue weighted by Gasteiger charge is -2.08. The van der Waals surface area contributed by atoms with Crippen LogP contribution >= 0.6 is 15.9 Å². The van der Waals surface area contributed by atoms with Crippen LogP contribution in [0, 0.1) is 13.8 Å². The van der Waals surface area contributed by atoms with Crippen molar-refractivity contribution in [3.63, 3.8) is 0 Å². The molecule has 0 aliphatic heterocycles. The van der Waals surface area contributed by atoms with Gasteiger partial charge in [-0.2, -0.15) is 5.10 Å². The lowest BCUT2D eigenvalue weighted by atomic mass is 10.2. The van der Waals surface area contributed by atoms with E-state index in [1.165, 1.54) is 0 Å². The normalized spacial score (nSPS) is 11.4. The zero-order valence-electron chi connectivity index (χ0n) is 10.5. The smallest absolute Gasteiger partial charge is 0.328 e. The molecule has 0 atom stereocenters. The first-order chi connectivity index (χ1) is 7.95. The summed E-state index contributed by atoms with van der Waals surface area (Å²) in [5.41, 5.74) is 2.88. The van der Waals surface area contributed by atoms with Gasteiger partial charge in [-0.15, -0.1) is 0 Å². The highest BCUT2D eigenvalue weighted by Crippen LogP contribution is 2.15. The largest absolute Gasteiger partial charge is 0.462 e. The molecule has 0 bridgehead atoms. The first-order valence-electron chi connectivity index (χ1n) is 5.46. The van der Waals surface area contributed by atoms with E-state index in [4.69, 9.17) is 4.74 Å². The minimum atomic E-state index is -0.264. The number of nitrogens with zero attached hydrogens (tertiary/aromatic N) is 2. The van der Waals surface area contributed by atoms with Crippen molar-refractivity contribution in [1.82, 2.24) is 9.78 Å². The van der Waals surface area contributed by atoms with Gasteiger partial charge in [-0.3, -0.25) is 9.48 Å². The average molecular weight is 301 g/mol. The van der Waals surface area contributed by atoms with Gasteiger partial charge >= 0.3 is 5.97 Å². The van der Waals surface area contributed by atoms with E-state index in [-0.39, 0.29) is 18.6 Å². The van der Waals surface area contributed by atoms with E-state index < -0.39 is 0 Å². The third-order valence-corrected chi connectivity index (χ3v) is 2.58. The van der Waals surface area contributed by atoms with E-state index >= 15 is 0 Å². The fourth-order valence-corrected chi connectivity index (χ4v) is 1.86. The van der Waals surface area contributed by atoms with Gasteiger partial charge in [-0.1, -0.05) is 15.9 Å². The van der Waals surface area contributed by atoms with Gasteiger partial charge in [0.2, 0.25) is 0 Å². The zero-order valence-corrected chi connectivity index (χ0v) is 12.1. The molecule has 0 fully saturated rings. The summed E-state index contributed by atoms with van der Waals surface area (Å²) >= 11 is 3.24. The molecule has 0 N–H and O–H groups in total. The molecule has 5 heteroatoms. The summed E-state index contributed by atoms with van der Waals surface area (Å²) in [6, 6.07) is 0. The van der Waals surface area contributed by atoms with Gasteiger partial charge in [-0.25, -0.2) is 0 Å². The zero-order chi connectivity index (χ0) is 13.0. The molecule has 1 aromatic rings. The summed E-state index contributed by atoms with van der Waals surface area (Å²) in [5.74, 6) is -0.264. The molecule has 0 aliphatic rings. The lowest BCUT2D eigenvalue weighted by molar-refractivity contribution is -0.148. The number of rotatable bonds is 4. The van der Waals surface area contributed by atoms with Crippen LogP contribution < -0.4 is 0 Å². The van der Waals surface area contributed by atoms with E-state index in [1.807, 2.05) is 33.8 Å². The molecule has 0 aromatic carbocycles. The Labute approximate surface area is 110 Å². The number of aromatic nitrogens is 2. The molecular weight excluding hydrogens is 284 g/mol. The molecule has 94 valence electrons. The second kappa shape index (κ2) is 6.00. The molecule has 0 amide bonds. The molecule has 0 aliphatic carbocycles. The summed E-state index contributed by atoms with van der Waals surface area (Å²) in [7, 11) is 0. The van der Waals surface area contributed by atoms with E-state index in [0.717, 1.165) is 17.0 Å². The van der Waals surface area contributed by atoms with Gasteiger partial charge in [0.25, 0.3) is 0 Å². The van der Waals surface area contributed by atoms with Crippen LogP contribution in [0.3, 0.4) is 0 Å². The Morgan fingerprint density at radius 2 is 2.18 bits per heavy atom. The Hall–Kier alpha value is -1.10. The van der Waals surface area contributed by atoms with Crippen molar-refractivity contribution < 1.29 is 9.53 Å². The number of hydrogen-bond donors (Lipinski definition) is 0. The predicted octanol–water partition coefficient (Wildman–Crippen LogP) is 2.82. The number of carbonyl (C=O) groups excluding carboxylic acids is 1. The number of halogens is 1. The van der Waals surface area contributed by atoms with Crippen LogP contribution in [0.5, 0.6) is 0 Å². The number of esters is 1. The van der Waals surface area contributed by atoms with Gasteiger partial charge in [-0.05, 0) is 38.8 Å². The Morgan fingerprint density at radius 3 is 2.71 bits per heavy atom. The molecule has 1 aromatic heterocycles. The molecule has 0 unspecified atom stereocenters.